The zero-order valence-electron chi connectivity index (χ0n) is 11.9. The molecule has 0 radical (unpaired) electrons. The summed E-state index contributed by atoms with van der Waals surface area (Å²) in [6.07, 6.45) is 1.22. The van der Waals surface area contributed by atoms with Crippen molar-refractivity contribution in [1.82, 2.24) is 0 Å². The van der Waals surface area contributed by atoms with Gasteiger partial charge >= 0.3 is 17.9 Å². The van der Waals surface area contributed by atoms with Crippen LogP contribution >= 0.6 is 0 Å². The monoisotopic (exact) mass is 292 g/mol. The predicted octanol–water partition coefficient (Wildman–Crippen LogP) is 2.59. The van der Waals surface area contributed by atoms with Gasteiger partial charge in [-0.15, -0.1) is 0 Å². The highest BCUT2D eigenvalue weighted by atomic mass is 16.5. The number of hydrogen-bond donors (Lipinski definition) is 2. The van der Waals surface area contributed by atoms with E-state index in [4.69, 9.17) is 14.9 Å². The first-order valence-electron chi connectivity index (χ1n) is 6.18. The fourth-order valence-electron chi connectivity index (χ4n) is 1.73. The van der Waals surface area contributed by atoms with Crippen LogP contribution in [0.15, 0.2) is 29.8 Å². The number of rotatable bonds is 5. The quantitative estimate of drug-likeness (QED) is 0.639. The van der Waals surface area contributed by atoms with Crippen LogP contribution in [-0.4, -0.2) is 34.2 Å². The molecule has 6 heteroatoms. The number of benzene rings is 1. The topological polar surface area (TPSA) is 101 Å². The van der Waals surface area contributed by atoms with Crippen molar-refractivity contribution in [3.8, 4) is 0 Å². The fourth-order valence-corrected chi connectivity index (χ4v) is 1.73. The lowest BCUT2D eigenvalue weighted by molar-refractivity contribution is 0.0423. The van der Waals surface area contributed by atoms with E-state index in [0.717, 1.165) is 23.8 Å². The predicted molar refractivity (Wildman–Crippen MR) is 74.7 cm³/mol. The lowest BCUT2D eigenvalue weighted by Crippen LogP contribution is -2.15. The molecule has 1 unspecified atom stereocenters. The van der Waals surface area contributed by atoms with Gasteiger partial charge < -0.3 is 14.9 Å². The van der Waals surface area contributed by atoms with E-state index < -0.39 is 24.0 Å². The van der Waals surface area contributed by atoms with E-state index in [1.807, 2.05) is 13.8 Å². The highest BCUT2D eigenvalue weighted by Gasteiger charge is 2.17. The Labute approximate surface area is 121 Å². The van der Waals surface area contributed by atoms with E-state index in [1.54, 1.807) is 13.0 Å². The number of carbonyl (C=O) groups is 3. The molecule has 0 saturated carbocycles. The highest BCUT2D eigenvalue weighted by Crippen LogP contribution is 2.13. The van der Waals surface area contributed by atoms with Crippen LogP contribution in [0.5, 0.6) is 0 Å². The molecule has 1 aromatic rings. The molecule has 0 aliphatic rings. The molecule has 0 saturated heterocycles. The molecule has 0 fully saturated rings. The maximum Gasteiger partial charge on any atom is 0.338 e. The largest absolute Gasteiger partial charge is 0.478 e. The highest BCUT2D eigenvalue weighted by molar-refractivity contribution is 5.99. The Balaban J connectivity index is 3.11. The molecule has 0 aromatic heterocycles. The molecule has 21 heavy (non-hydrogen) atoms. The van der Waals surface area contributed by atoms with Gasteiger partial charge in [-0.3, -0.25) is 0 Å². The number of carboxylic acid groups (broad SMARTS) is 2. The summed E-state index contributed by atoms with van der Waals surface area (Å²) < 4.78 is 5.12. The fraction of sp³-hybridized carbons (Fsp3) is 0.267. The first kappa shape index (κ1) is 16.4. The molecule has 112 valence electrons. The third-order valence-corrected chi connectivity index (χ3v) is 2.52. The Morgan fingerprint density at radius 1 is 1.00 bits per heavy atom. The lowest BCUT2D eigenvalue weighted by Gasteiger charge is -2.11. The van der Waals surface area contributed by atoms with Crippen molar-refractivity contribution >= 4 is 17.9 Å². The molecule has 0 heterocycles. The lowest BCUT2D eigenvalue weighted by atomic mass is 10.1. The van der Waals surface area contributed by atoms with Gasteiger partial charge in [-0.25, -0.2) is 14.4 Å². The van der Waals surface area contributed by atoms with E-state index in [9.17, 15) is 14.4 Å². The average molecular weight is 292 g/mol. The van der Waals surface area contributed by atoms with Crippen LogP contribution in [0.4, 0.5) is 0 Å². The minimum absolute atomic E-state index is 0.110. The molecular weight excluding hydrogens is 276 g/mol. The Hall–Kier alpha value is -2.63. The van der Waals surface area contributed by atoms with Crippen molar-refractivity contribution in [2.24, 2.45) is 0 Å². The maximum absolute atomic E-state index is 11.9. The van der Waals surface area contributed by atoms with Crippen molar-refractivity contribution in [1.29, 1.82) is 0 Å². The average Bonchev–Trinajstić information content (AvgIpc) is 2.36. The van der Waals surface area contributed by atoms with E-state index in [0.29, 0.717) is 0 Å². The summed E-state index contributed by atoms with van der Waals surface area (Å²) in [6.45, 7) is 5.35. The van der Waals surface area contributed by atoms with Crippen molar-refractivity contribution < 1.29 is 29.3 Å². The van der Waals surface area contributed by atoms with Gasteiger partial charge in [-0.05, 0) is 45.0 Å². The normalized spacial score (nSPS) is 11.4. The summed E-state index contributed by atoms with van der Waals surface area (Å²) in [4.78, 5) is 33.9. The first-order valence-corrected chi connectivity index (χ1v) is 6.18. The molecule has 2 N–H and O–H groups in total. The van der Waals surface area contributed by atoms with Crippen molar-refractivity contribution in [2.75, 3.05) is 0 Å². The van der Waals surface area contributed by atoms with Crippen LogP contribution in [0.25, 0.3) is 0 Å². The molecule has 1 atom stereocenters. The van der Waals surface area contributed by atoms with Crippen LogP contribution in [0.3, 0.4) is 0 Å². The summed E-state index contributed by atoms with van der Waals surface area (Å²) >= 11 is 0. The molecule has 0 spiro atoms. The second-order valence-corrected chi connectivity index (χ2v) is 4.76. The molecule has 1 rings (SSSR count). The van der Waals surface area contributed by atoms with E-state index >= 15 is 0 Å². The van der Waals surface area contributed by atoms with Crippen LogP contribution in [0, 0.1) is 0 Å². The Morgan fingerprint density at radius 3 is 1.81 bits per heavy atom. The SMILES string of the molecule is CC(C)=CC(C)OC(=O)c1cc(C(=O)O)cc(C(=O)O)c1. The number of ether oxygens (including phenoxy) is 1. The van der Waals surface area contributed by atoms with Crippen LogP contribution in [0.2, 0.25) is 0 Å². The third kappa shape index (κ3) is 4.76. The maximum atomic E-state index is 11.9. The van der Waals surface area contributed by atoms with Crippen LogP contribution in [-0.2, 0) is 4.74 Å². The molecule has 0 aliphatic carbocycles. The molecule has 0 amide bonds. The van der Waals surface area contributed by atoms with E-state index in [-0.39, 0.29) is 16.7 Å². The van der Waals surface area contributed by atoms with Crippen LogP contribution in [0.1, 0.15) is 51.8 Å². The Morgan fingerprint density at radius 2 is 1.43 bits per heavy atom. The van der Waals surface area contributed by atoms with Gasteiger partial charge in [0.1, 0.15) is 6.10 Å². The zero-order valence-corrected chi connectivity index (χ0v) is 11.9. The standard InChI is InChI=1S/C15H16O6/c1-8(2)4-9(3)21-15(20)12-6-10(13(16)17)5-11(7-12)14(18)19/h4-7,9H,1-3H3,(H,16,17)(H,18,19). The Kier molecular flexibility index (Phi) is 5.24. The summed E-state index contributed by atoms with van der Waals surface area (Å²) in [5.74, 6) is -3.40. The second-order valence-electron chi connectivity index (χ2n) is 4.76. The van der Waals surface area contributed by atoms with E-state index in [1.165, 1.54) is 0 Å². The summed E-state index contributed by atoms with van der Waals surface area (Å²) in [7, 11) is 0. The molecule has 6 nitrogen and oxygen atoms in total. The minimum atomic E-state index is -1.32. The van der Waals surface area contributed by atoms with Gasteiger partial charge in [-0.2, -0.15) is 0 Å². The third-order valence-electron chi connectivity index (χ3n) is 2.52. The molecular formula is C15H16O6. The van der Waals surface area contributed by atoms with Crippen molar-refractivity contribution in [3.63, 3.8) is 0 Å². The van der Waals surface area contributed by atoms with E-state index in [2.05, 4.69) is 0 Å². The number of aromatic carboxylic acids is 2. The number of esters is 1. The van der Waals surface area contributed by atoms with Crippen molar-refractivity contribution in [3.05, 3.63) is 46.5 Å². The van der Waals surface area contributed by atoms with Gasteiger partial charge in [0.15, 0.2) is 0 Å². The number of allylic oxidation sites excluding steroid dienone is 1. The Bertz CT molecular complexity index is 578. The molecule has 0 aliphatic heterocycles. The smallest absolute Gasteiger partial charge is 0.338 e. The molecule has 1 aromatic carbocycles. The summed E-state index contributed by atoms with van der Waals surface area (Å²) in [5.41, 5.74) is 0.288. The number of carboxylic acids is 2. The van der Waals surface area contributed by atoms with Gasteiger partial charge in [0, 0.05) is 0 Å². The van der Waals surface area contributed by atoms with Crippen molar-refractivity contribution in [2.45, 2.75) is 26.9 Å². The van der Waals surface area contributed by atoms with Gasteiger partial charge in [0.25, 0.3) is 0 Å². The first-order chi connectivity index (χ1) is 9.70. The summed E-state index contributed by atoms with van der Waals surface area (Å²) in [5, 5.41) is 17.9. The number of carbonyl (C=O) groups excluding carboxylic acids is 1. The zero-order chi connectivity index (χ0) is 16.2. The van der Waals surface area contributed by atoms with Gasteiger partial charge in [0.2, 0.25) is 0 Å². The van der Waals surface area contributed by atoms with Crippen LogP contribution < -0.4 is 0 Å². The second kappa shape index (κ2) is 6.69. The van der Waals surface area contributed by atoms with Gasteiger partial charge in [-0.1, -0.05) is 5.57 Å². The van der Waals surface area contributed by atoms with Gasteiger partial charge in [0.05, 0.1) is 16.7 Å². The summed E-state index contributed by atoms with van der Waals surface area (Å²) in [6, 6.07) is 3.17. The molecule has 0 bridgehead atoms. The minimum Gasteiger partial charge on any atom is -0.478 e. The number of hydrogen-bond acceptors (Lipinski definition) is 4.